The number of carbonyl (C=O) groups is 1. The molecule has 15 heavy (non-hydrogen) atoms. The van der Waals surface area contributed by atoms with Gasteiger partial charge in [0.15, 0.2) is 0 Å². The fourth-order valence-corrected chi connectivity index (χ4v) is 1.89. The van der Waals surface area contributed by atoms with Crippen LogP contribution in [-0.2, 0) is 17.6 Å². The third-order valence-corrected chi connectivity index (χ3v) is 2.65. The quantitative estimate of drug-likeness (QED) is 0.774. The Morgan fingerprint density at radius 3 is 2.33 bits per heavy atom. The van der Waals surface area contributed by atoms with Crippen molar-refractivity contribution in [2.75, 3.05) is 6.61 Å². The highest BCUT2D eigenvalue weighted by Gasteiger charge is 2.17. The lowest BCUT2D eigenvalue weighted by Gasteiger charge is -2.00. The highest BCUT2D eigenvalue weighted by Crippen LogP contribution is 2.20. The Hall–Kier alpha value is -1.25. The summed E-state index contributed by atoms with van der Waals surface area (Å²) in [5.74, 6) is -0.246. The smallest absolute Gasteiger partial charge is 0.355 e. The molecule has 0 unspecified atom stereocenters. The molecule has 3 heteroatoms. The van der Waals surface area contributed by atoms with Gasteiger partial charge in [-0.25, -0.2) is 4.79 Å². The molecule has 0 saturated carbocycles. The number of esters is 1. The van der Waals surface area contributed by atoms with E-state index in [-0.39, 0.29) is 5.97 Å². The fraction of sp³-hybridized carbons (Fsp3) is 0.583. The molecule has 0 aliphatic heterocycles. The molecular formula is C12H19NO2. The number of nitrogens with one attached hydrogen (secondary N) is 1. The summed E-state index contributed by atoms with van der Waals surface area (Å²) >= 11 is 0. The summed E-state index contributed by atoms with van der Waals surface area (Å²) in [4.78, 5) is 14.8. The van der Waals surface area contributed by atoms with E-state index in [0.29, 0.717) is 12.3 Å². The number of aromatic amines is 1. The van der Waals surface area contributed by atoms with Crippen LogP contribution in [0.5, 0.6) is 0 Å². The van der Waals surface area contributed by atoms with E-state index in [2.05, 4.69) is 18.8 Å². The number of hydrogen-bond donors (Lipinski definition) is 1. The van der Waals surface area contributed by atoms with Gasteiger partial charge in [0.2, 0.25) is 0 Å². The van der Waals surface area contributed by atoms with Crippen molar-refractivity contribution in [1.82, 2.24) is 4.98 Å². The zero-order valence-electron chi connectivity index (χ0n) is 9.94. The average Bonchev–Trinajstić information content (AvgIpc) is 2.55. The van der Waals surface area contributed by atoms with Gasteiger partial charge in [-0.2, -0.15) is 0 Å². The Kier molecular flexibility index (Phi) is 3.95. The molecule has 0 amide bonds. The zero-order valence-corrected chi connectivity index (χ0v) is 9.94. The molecular weight excluding hydrogens is 190 g/mol. The standard InChI is InChI=1S/C12H19NO2/c1-5-9-8(4)11(12(14)15-7-3)13-10(9)6-2/h13H,5-7H2,1-4H3. The number of aromatic nitrogens is 1. The Morgan fingerprint density at radius 1 is 1.27 bits per heavy atom. The van der Waals surface area contributed by atoms with Crippen LogP contribution in [0.2, 0.25) is 0 Å². The molecule has 0 atom stereocenters. The van der Waals surface area contributed by atoms with Gasteiger partial charge in [-0.3, -0.25) is 0 Å². The normalized spacial score (nSPS) is 10.4. The third-order valence-electron chi connectivity index (χ3n) is 2.65. The second-order valence-electron chi connectivity index (χ2n) is 3.51. The van der Waals surface area contributed by atoms with Crippen LogP contribution in [0.15, 0.2) is 0 Å². The summed E-state index contributed by atoms with van der Waals surface area (Å²) in [7, 11) is 0. The molecule has 0 spiro atoms. The Morgan fingerprint density at radius 2 is 1.93 bits per heavy atom. The highest BCUT2D eigenvalue weighted by atomic mass is 16.5. The molecule has 1 aromatic rings. The maximum atomic E-state index is 11.6. The minimum atomic E-state index is -0.246. The van der Waals surface area contributed by atoms with E-state index in [9.17, 15) is 4.79 Å². The van der Waals surface area contributed by atoms with Gasteiger partial charge in [-0.15, -0.1) is 0 Å². The molecule has 0 fully saturated rings. The molecule has 3 nitrogen and oxygen atoms in total. The summed E-state index contributed by atoms with van der Waals surface area (Å²) in [5.41, 5.74) is 4.05. The van der Waals surface area contributed by atoms with E-state index in [0.717, 1.165) is 24.1 Å². The van der Waals surface area contributed by atoms with Gasteiger partial charge in [0.05, 0.1) is 6.61 Å². The monoisotopic (exact) mass is 209 g/mol. The molecule has 0 aliphatic carbocycles. The van der Waals surface area contributed by atoms with Gasteiger partial charge in [0.25, 0.3) is 0 Å². The molecule has 1 rings (SSSR count). The highest BCUT2D eigenvalue weighted by molar-refractivity contribution is 5.89. The number of aryl methyl sites for hydroxylation is 1. The predicted octanol–water partition coefficient (Wildman–Crippen LogP) is 2.62. The van der Waals surface area contributed by atoms with Crippen LogP contribution in [0, 0.1) is 6.92 Å². The molecule has 0 aromatic carbocycles. The first-order valence-electron chi connectivity index (χ1n) is 5.53. The Balaban J connectivity index is 3.09. The topological polar surface area (TPSA) is 42.1 Å². The minimum Gasteiger partial charge on any atom is -0.461 e. The number of carbonyl (C=O) groups excluding carboxylic acids is 1. The van der Waals surface area contributed by atoms with Crippen LogP contribution in [0.4, 0.5) is 0 Å². The summed E-state index contributed by atoms with van der Waals surface area (Å²) in [6.45, 7) is 8.39. The van der Waals surface area contributed by atoms with Crippen LogP contribution in [0.25, 0.3) is 0 Å². The minimum absolute atomic E-state index is 0.246. The predicted molar refractivity (Wildman–Crippen MR) is 60.2 cm³/mol. The summed E-state index contributed by atoms with van der Waals surface area (Å²) in [6.07, 6.45) is 1.87. The van der Waals surface area contributed by atoms with Gasteiger partial charge in [0, 0.05) is 5.69 Å². The van der Waals surface area contributed by atoms with E-state index >= 15 is 0 Å². The first-order valence-corrected chi connectivity index (χ1v) is 5.53. The summed E-state index contributed by atoms with van der Waals surface area (Å²) in [6, 6.07) is 0. The van der Waals surface area contributed by atoms with Gasteiger partial charge in [-0.05, 0) is 37.8 Å². The molecule has 1 aromatic heterocycles. The van der Waals surface area contributed by atoms with E-state index in [1.54, 1.807) is 0 Å². The van der Waals surface area contributed by atoms with Gasteiger partial charge >= 0.3 is 5.97 Å². The molecule has 1 heterocycles. The van der Waals surface area contributed by atoms with Crippen molar-refractivity contribution in [3.63, 3.8) is 0 Å². The van der Waals surface area contributed by atoms with E-state index in [1.807, 2.05) is 13.8 Å². The van der Waals surface area contributed by atoms with E-state index < -0.39 is 0 Å². The van der Waals surface area contributed by atoms with Crippen molar-refractivity contribution >= 4 is 5.97 Å². The lowest BCUT2D eigenvalue weighted by Crippen LogP contribution is -2.06. The average molecular weight is 209 g/mol. The van der Waals surface area contributed by atoms with Crippen LogP contribution < -0.4 is 0 Å². The van der Waals surface area contributed by atoms with Gasteiger partial charge < -0.3 is 9.72 Å². The molecule has 84 valence electrons. The fourth-order valence-electron chi connectivity index (χ4n) is 1.89. The molecule has 0 bridgehead atoms. The van der Waals surface area contributed by atoms with Crippen molar-refractivity contribution in [3.8, 4) is 0 Å². The van der Waals surface area contributed by atoms with Crippen molar-refractivity contribution in [2.24, 2.45) is 0 Å². The maximum absolute atomic E-state index is 11.6. The Bertz CT molecular complexity index is 353. The van der Waals surface area contributed by atoms with Crippen LogP contribution in [-0.4, -0.2) is 17.6 Å². The lowest BCUT2D eigenvalue weighted by molar-refractivity contribution is 0.0519. The number of ether oxygens (including phenoxy) is 1. The number of hydrogen-bond acceptors (Lipinski definition) is 2. The van der Waals surface area contributed by atoms with Gasteiger partial charge in [-0.1, -0.05) is 13.8 Å². The second-order valence-corrected chi connectivity index (χ2v) is 3.51. The first-order chi connectivity index (χ1) is 7.15. The first kappa shape index (κ1) is 11.8. The van der Waals surface area contributed by atoms with Crippen molar-refractivity contribution in [1.29, 1.82) is 0 Å². The third kappa shape index (κ3) is 2.22. The summed E-state index contributed by atoms with van der Waals surface area (Å²) < 4.78 is 5.00. The Labute approximate surface area is 90.8 Å². The van der Waals surface area contributed by atoms with E-state index in [1.165, 1.54) is 5.56 Å². The lowest BCUT2D eigenvalue weighted by atomic mass is 10.1. The molecule has 1 N–H and O–H groups in total. The van der Waals surface area contributed by atoms with Crippen LogP contribution >= 0.6 is 0 Å². The molecule has 0 saturated heterocycles. The maximum Gasteiger partial charge on any atom is 0.355 e. The van der Waals surface area contributed by atoms with Crippen LogP contribution in [0.3, 0.4) is 0 Å². The second kappa shape index (κ2) is 5.01. The van der Waals surface area contributed by atoms with Gasteiger partial charge in [0.1, 0.15) is 5.69 Å². The number of H-pyrrole nitrogens is 1. The van der Waals surface area contributed by atoms with E-state index in [4.69, 9.17) is 4.74 Å². The van der Waals surface area contributed by atoms with Crippen molar-refractivity contribution in [3.05, 3.63) is 22.5 Å². The molecule has 0 aliphatic rings. The van der Waals surface area contributed by atoms with Crippen molar-refractivity contribution in [2.45, 2.75) is 40.5 Å². The van der Waals surface area contributed by atoms with Crippen LogP contribution in [0.1, 0.15) is 48.1 Å². The van der Waals surface area contributed by atoms with Crippen molar-refractivity contribution < 1.29 is 9.53 Å². The SMILES string of the molecule is CCOC(=O)c1[nH]c(CC)c(CC)c1C. The number of rotatable bonds is 4. The summed E-state index contributed by atoms with van der Waals surface area (Å²) in [5, 5.41) is 0. The zero-order chi connectivity index (χ0) is 11.4. The largest absolute Gasteiger partial charge is 0.461 e. The molecule has 0 radical (unpaired) electrons.